The van der Waals surface area contributed by atoms with Gasteiger partial charge in [-0.25, -0.2) is 13.6 Å². The molecule has 0 radical (unpaired) electrons. The van der Waals surface area contributed by atoms with Gasteiger partial charge in [-0.3, -0.25) is 9.59 Å². The molecule has 3 aromatic rings. The number of carbonyl (C=O) groups is 2. The molecule has 0 saturated heterocycles. The topological polar surface area (TPSA) is 118 Å². The molecule has 0 atom stereocenters. The normalized spacial score (nSPS) is 11.0. The molecule has 0 fully saturated rings. The Hall–Kier alpha value is -3.20. The Bertz CT molecular complexity index is 1190. The number of nitrogens with two attached hydrogens (primary N) is 1. The summed E-state index contributed by atoms with van der Waals surface area (Å²) < 4.78 is 23.6. The van der Waals surface area contributed by atoms with Crippen molar-refractivity contribution in [1.82, 2.24) is 5.32 Å². The van der Waals surface area contributed by atoms with E-state index in [1.54, 1.807) is 66.7 Å². The first-order valence-corrected chi connectivity index (χ1v) is 11.2. The highest BCUT2D eigenvalue weighted by Gasteiger charge is 2.14. The highest BCUT2D eigenvalue weighted by molar-refractivity contribution is 7.89. The van der Waals surface area contributed by atoms with E-state index in [2.05, 4.69) is 10.6 Å². The summed E-state index contributed by atoms with van der Waals surface area (Å²) in [6.07, 6.45) is 0.0926. The monoisotopic (exact) mass is 457 g/mol. The molecule has 0 aliphatic rings. The highest BCUT2D eigenvalue weighted by Crippen LogP contribution is 2.27. The van der Waals surface area contributed by atoms with Crippen molar-refractivity contribution in [2.24, 2.45) is 5.14 Å². The van der Waals surface area contributed by atoms with Crippen LogP contribution in [0, 0.1) is 0 Å². The van der Waals surface area contributed by atoms with Crippen molar-refractivity contribution < 1.29 is 18.0 Å². The molecule has 0 aliphatic carbocycles. The first kappa shape index (κ1) is 22.5. The van der Waals surface area contributed by atoms with Gasteiger partial charge in [0.25, 0.3) is 5.91 Å². The van der Waals surface area contributed by atoms with Crippen LogP contribution in [0.4, 0.5) is 5.69 Å². The van der Waals surface area contributed by atoms with Crippen molar-refractivity contribution in [2.45, 2.75) is 11.3 Å². The molecule has 0 saturated carbocycles. The van der Waals surface area contributed by atoms with E-state index in [9.17, 15) is 18.0 Å². The minimum Gasteiger partial charge on any atom is -0.352 e. The zero-order valence-electron chi connectivity index (χ0n) is 16.3. The maximum Gasteiger partial charge on any atom is 0.251 e. The maximum absolute atomic E-state index is 12.1. The highest BCUT2D eigenvalue weighted by atomic mass is 35.5. The fourth-order valence-electron chi connectivity index (χ4n) is 2.90. The fraction of sp³-hybridized carbons (Fsp3) is 0.0909. The van der Waals surface area contributed by atoms with Gasteiger partial charge in [-0.05, 0) is 48.0 Å². The third-order valence-corrected chi connectivity index (χ3v) is 5.64. The second-order valence-corrected chi connectivity index (χ2v) is 8.65. The number of nitrogens with one attached hydrogen (secondary N) is 2. The zero-order chi connectivity index (χ0) is 22.4. The summed E-state index contributed by atoms with van der Waals surface area (Å²) in [5.74, 6) is -0.559. The number of halogens is 1. The van der Waals surface area contributed by atoms with E-state index in [1.165, 1.54) is 6.07 Å². The smallest absolute Gasteiger partial charge is 0.251 e. The van der Waals surface area contributed by atoms with Crippen LogP contribution in [0.3, 0.4) is 0 Å². The summed E-state index contributed by atoms with van der Waals surface area (Å²) in [5.41, 5.74) is 2.14. The Kier molecular flexibility index (Phi) is 7.06. The lowest BCUT2D eigenvalue weighted by Crippen LogP contribution is -2.27. The molecule has 31 heavy (non-hydrogen) atoms. The van der Waals surface area contributed by atoms with Gasteiger partial charge in [0.05, 0.1) is 4.90 Å². The standard InChI is InChI=1S/C22H20ClN3O4S/c23-17-9-5-16(6-10-17)22(28)25-14-13-21(27)26-18-11-7-15(8-12-18)19-3-1-2-4-20(19)31(24,29)30/h1-12H,13-14H2,(H,25,28)(H,26,27)(H2,24,29,30). The molecule has 2 amide bonds. The molecule has 9 heteroatoms. The van der Waals surface area contributed by atoms with E-state index in [4.69, 9.17) is 16.7 Å². The summed E-state index contributed by atoms with van der Waals surface area (Å²) in [6.45, 7) is 0.174. The second-order valence-electron chi connectivity index (χ2n) is 6.68. The third-order valence-electron chi connectivity index (χ3n) is 4.42. The lowest BCUT2D eigenvalue weighted by molar-refractivity contribution is -0.116. The molecule has 0 heterocycles. The predicted molar refractivity (Wildman–Crippen MR) is 120 cm³/mol. The van der Waals surface area contributed by atoms with Gasteiger partial charge < -0.3 is 10.6 Å². The number of anilines is 1. The molecule has 4 N–H and O–H groups in total. The summed E-state index contributed by atoms with van der Waals surface area (Å²) in [7, 11) is -3.86. The van der Waals surface area contributed by atoms with Crippen molar-refractivity contribution in [3.05, 3.63) is 83.4 Å². The minimum absolute atomic E-state index is 0.0308. The molecule has 0 spiro atoms. The van der Waals surface area contributed by atoms with E-state index in [1.807, 2.05) is 0 Å². The average molecular weight is 458 g/mol. The van der Waals surface area contributed by atoms with Gasteiger partial charge in [0.15, 0.2) is 0 Å². The van der Waals surface area contributed by atoms with Crippen molar-refractivity contribution in [2.75, 3.05) is 11.9 Å². The molecule has 0 aliphatic heterocycles. The van der Waals surface area contributed by atoms with Gasteiger partial charge in [-0.15, -0.1) is 0 Å². The Morgan fingerprint density at radius 2 is 1.55 bits per heavy atom. The number of primary sulfonamides is 1. The number of benzene rings is 3. The lowest BCUT2D eigenvalue weighted by Gasteiger charge is -2.10. The molecule has 0 aromatic heterocycles. The Morgan fingerprint density at radius 3 is 2.19 bits per heavy atom. The molecule has 160 valence electrons. The molecule has 7 nitrogen and oxygen atoms in total. The van der Waals surface area contributed by atoms with Crippen molar-refractivity contribution >= 4 is 39.1 Å². The SMILES string of the molecule is NS(=O)(=O)c1ccccc1-c1ccc(NC(=O)CCNC(=O)c2ccc(Cl)cc2)cc1. The van der Waals surface area contributed by atoms with Crippen molar-refractivity contribution in [1.29, 1.82) is 0 Å². The summed E-state index contributed by atoms with van der Waals surface area (Å²) in [4.78, 5) is 24.2. The van der Waals surface area contributed by atoms with Crippen LogP contribution in [0.25, 0.3) is 11.1 Å². The van der Waals surface area contributed by atoms with E-state index >= 15 is 0 Å². The Balaban J connectivity index is 1.56. The molecule has 3 rings (SSSR count). The average Bonchev–Trinajstić information content (AvgIpc) is 2.74. The first-order chi connectivity index (χ1) is 14.7. The minimum atomic E-state index is -3.86. The maximum atomic E-state index is 12.1. The lowest BCUT2D eigenvalue weighted by atomic mass is 10.1. The van der Waals surface area contributed by atoms with Gasteiger partial charge in [0, 0.05) is 34.8 Å². The predicted octanol–water partition coefficient (Wildman–Crippen LogP) is 3.41. The largest absolute Gasteiger partial charge is 0.352 e. The van der Waals surface area contributed by atoms with Crippen LogP contribution in [-0.2, 0) is 14.8 Å². The molecular formula is C22H20ClN3O4S. The molecule has 3 aromatic carbocycles. The molecule has 0 unspecified atom stereocenters. The molecule has 0 bridgehead atoms. The van der Waals surface area contributed by atoms with E-state index < -0.39 is 10.0 Å². The number of amides is 2. The van der Waals surface area contributed by atoms with Gasteiger partial charge >= 0.3 is 0 Å². The van der Waals surface area contributed by atoms with Crippen molar-refractivity contribution in [3.63, 3.8) is 0 Å². The van der Waals surface area contributed by atoms with Crippen LogP contribution in [0.1, 0.15) is 16.8 Å². The van der Waals surface area contributed by atoms with Crippen LogP contribution < -0.4 is 15.8 Å². The summed E-state index contributed by atoms with van der Waals surface area (Å²) in [5, 5.41) is 11.2. The summed E-state index contributed by atoms with van der Waals surface area (Å²) >= 11 is 5.79. The fourth-order valence-corrected chi connectivity index (χ4v) is 3.79. The Labute approximate surface area is 185 Å². The van der Waals surface area contributed by atoms with Gasteiger partial charge in [0.1, 0.15) is 0 Å². The first-order valence-electron chi connectivity index (χ1n) is 9.30. The van der Waals surface area contributed by atoms with Gasteiger partial charge in [-0.2, -0.15) is 0 Å². The van der Waals surface area contributed by atoms with Crippen LogP contribution in [0.2, 0.25) is 5.02 Å². The van der Waals surface area contributed by atoms with Gasteiger partial charge in [0.2, 0.25) is 15.9 Å². The summed E-state index contributed by atoms with van der Waals surface area (Å²) in [6, 6.07) is 19.6. The molecular weight excluding hydrogens is 438 g/mol. The Morgan fingerprint density at radius 1 is 0.903 bits per heavy atom. The number of carbonyl (C=O) groups excluding carboxylic acids is 2. The van der Waals surface area contributed by atoms with E-state index in [-0.39, 0.29) is 29.7 Å². The number of rotatable bonds is 7. The quantitative estimate of drug-likeness (QED) is 0.503. The van der Waals surface area contributed by atoms with Crippen LogP contribution in [0.15, 0.2) is 77.7 Å². The van der Waals surface area contributed by atoms with Crippen LogP contribution >= 0.6 is 11.6 Å². The van der Waals surface area contributed by atoms with E-state index in [0.29, 0.717) is 27.4 Å². The van der Waals surface area contributed by atoms with Gasteiger partial charge in [-0.1, -0.05) is 41.9 Å². The number of sulfonamides is 1. The van der Waals surface area contributed by atoms with E-state index in [0.717, 1.165) is 0 Å². The van der Waals surface area contributed by atoms with Crippen molar-refractivity contribution in [3.8, 4) is 11.1 Å². The third kappa shape index (κ3) is 6.14. The zero-order valence-corrected chi connectivity index (χ0v) is 17.9. The number of hydrogen-bond donors (Lipinski definition) is 3. The number of hydrogen-bond acceptors (Lipinski definition) is 4. The van der Waals surface area contributed by atoms with Crippen LogP contribution in [0.5, 0.6) is 0 Å². The van der Waals surface area contributed by atoms with Crippen LogP contribution in [-0.4, -0.2) is 26.8 Å². The second kappa shape index (κ2) is 9.74.